The molecule has 2 aliphatic rings. The van der Waals surface area contributed by atoms with Crippen LogP contribution in [0.4, 0.5) is 24.5 Å². The van der Waals surface area contributed by atoms with Crippen molar-refractivity contribution in [2.45, 2.75) is 44.6 Å². The molecule has 3 heterocycles. The van der Waals surface area contributed by atoms with Crippen LogP contribution in [0.2, 0.25) is 0 Å². The summed E-state index contributed by atoms with van der Waals surface area (Å²) in [5, 5.41) is 0. The molecular weight excluding hydrogens is 683 g/mol. The number of halogens is 3. The largest absolute Gasteiger partial charge is 0.433 e. The minimum Gasteiger partial charge on any atom is -0.378 e. The van der Waals surface area contributed by atoms with Gasteiger partial charge in [0.2, 0.25) is 17.7 Å². The zero-order valence-electron chi connectivity index (χ0n) is 29.5. The van der Waals surface area contributed by atoms with Crippen molar-refractivity contribution in [2.75, 3.05) is 49.7 Å². The number of benzene rings is 3. The summed E-state index contributed by atoms with van der Waals surface area (Å²) in [4.78, 5) is 51.5. The fourth-order valence-electron chi connectivity index (χ4n) is 6.58. The van der Waals surface area contributed by atoms with Crippen LogP contribution in [0.25, 0.3) is 6.08 Å². The lowest BCUT2D eigenvalue weighted by atomic mass is 10.0. The molecule has 2 aliphatic heterocycles. The molecule has 1 atom stereocenters. The van der Waals surface area contributed by atoms with Crippen molar-refractivity contribution in [2.24, 2.45) is 0 Å². The van der Waals surface area contributed by atoms with E-state index in [0.717, 1.165) is 59.8 Å². The maximum Gasteiger partial charge on any atom is 0.433 e. The molecular formula is C41H42F3N5O4. The number of hydrogen-bond acceptors (Lipinski definition) is 6. The second-order valence-corrected chi connectivity index (χ2v) is 13.3. The highest BCUT2D eigenvalue weighted by atomic mass is 19.4. The minimum absolute atomic E-state index is 0.0953. The fourth-order valence-corrected chi connectivity index (χ4v) is 6.58. The van der Waals surface area contributed by atoms with Crippen LogP contribution >= 0.6 is 0 Å². The molecule has 6 rings (SSSR count). The van der Waals surface area contributed by atoms with E-state index in [-0.39, 0.29) is 31.3 Å². The number of amides is 3. The summed E-state index contributed by atoms with van der Waals surface area (Å²) >= 11 is 0. The van der Waals surface area contributed by atoms with Gasteiger partial charge in [-0.3, -0.25) is 19.4 Å². The number of pyridine rings is 1. The van der Waals surface area contributed by atoms with Gasteiger partial charge >= 0.3 is 6.18 Å². The van der Waals surface area contributed by atoms with E-state index in [1.54, 1.807) is 16.8 Å². The summed E-state index contributed by atoms with van der Waals surface area (Å²) < 4.78 is 44.8. The predicted octanol–water partition coefficient (Wildman–Crippen LogP) is 6.38. The smallest absolute Gasteiger partial charge is 0.378 e. The molecule has 0 bridgehead atoms. The Bertz CT molecular complexity index is 1880. The van der Waals surface area contributed by atoms with Crippen molar-refractivity contribution >= 4 is 35.2 Å². The number of nitrogens with zero attached hydrogens (tertiary/aromatic N) is 5. The molecule has 2 saturated heterocycles. The van der Waals surface area contributed by atoms with E-state index in [1.165, 1.54) is 23.1 Å². The summed E-state index contributed by atoms with van der Waals surface area (Å²) in [5.41, 5.74) is 3.65. The molecule has 2 fully saturated rings. The van der Waals surface area contributed by atoms with E-state index < -0.39 is 23.8 Å². The summed E-state index contributed by atoms with van der Waals surface area (Å²) in [6, 6.07) is 26.1. The van der Waals surface area contributed by atoms with Crippen molar-refractivity contribution in [3.8, 4) is 0 Å². The SMILES string of the molecule is CN(Cc1ccc(N2CCCC2=O)cc1)C(=O)[C@H](Cc1ccccc1)N(Cc1ccc(N2CCOCC2)cc1)C(=O)C=Cc1ccc(C(F)(F)F)nc1. The number of aromatic nitrogens is 1. The Balaban J connectivity index is 1.28. The first-order valence-electron chi connectivity index (χ1n) is 17.7. The van der Waals surface area contributed by atoms with Crippen LogP contribution in [-0.2, 0) is 44.8 Å². The van der Waals surface area contributed by atoms with Crippen molar-refractivity contribution in [3.05, 3.63) is 131 Å². The maximum atomic E-state index is 14.5. The van der Waals surface area contributed by atoms with E-state index in [1.807, 2.05) is 78.9 Å². The minimum atomic E-state index is -4.59. The number of anilines is 2. The summed E-state index contributed by atoms with van der Waals surface area (Å²) in [7, 11) is 1.70. The molecule has 0 unspecified atom stereocenters. The molecule has 9 nitrogen and oxygen atoms in total. The quantitative estimate of drug-likeness (QED) is 0.158. The molecule has 0 aliphatic carbocycles. The van der Waals surface area contributed by atoms with Gasteiger partial charge in [0, 0.05) is 76.3 Å². The Hall–Kier alpha value is -5.49. The first-order chi connectivity index (χ1) is 25.5. The lowest BCUT2D eigenvalue weighted by Gasteiger charge is -2.34. The van der Waals surface area contributed by atoms with Gasteiger partial charge in [-0.25, -0.2) is 0 Å². The van der Waals surface area contributed by atoms with Crippen molar-refractivity contribution in [1.29, 1.82) is 0 Å². The van der Waals surface area contributed by atoms with Crippen LogP contribution in [-0.4, -0.2) is 78.4 Å². The van der Waals surface area contributed by atoms with Gasteiger partial charge in [0.05, 0.1) is 13.2 Å². The average molecular weight is 726 g/mol. The first-order valence-corrected chi connectivity index (χ1v) is 17.7. The van der Waals surface area contributed by atoms with Gasteiger partial charge in [-0.05, 0) is 65.1 Å². The molecule has 0 saturated carbocycles. The van der Waals surface area contributed by atoms with Gasteiger partial charge in [-0.2, -0.15) is 13.2 Å². The molecule has 0 N–H and O–H groups in total. The van der Waals surface area contributed by atoms with Crippen molar-refractivity contribution in [1.82, 2.24) is 14.8 Å². The van der Waals surface area contributed by atoms with Crippen LogP contribution in [0.5, 0.6) is 0 Å². The zero-order chi connectivity index (χ0) is 37.4. The number of hydrogen-bond donors (Lipinski definition) is 0. The van der Waals surface area contributed by atoms with Crippen LogP contribution in [0, 0.1) is 0 Å². The number of rotatable bonds is 12. The topological polar surface area (TPSA) is 86.3 Å². The van der Waals surface area contributed by atoms with Crippen LogP contribution in [0.15, 0.2) is 103 Å². The van der Waals surface area contributed by atoms with Gasteiger partial charge in [0.15, 0.2) is 0 Å². The molecule has 0 radical (unpaired) electrons. The maximum absolute atomic E-state index is 14.5. The number of morpholine rings is 1. The number of ether oxygens (including phenoxy) is 1. The average Bonchev–Trinajstić information content (AvgIpc) is 3.61. The third-order valence-corrected chi connectivity index (χ3v) is 9.49. The van der Waals surface area contributed by atoms with Gasteiger partial charge in [0.1, 0.15) is 11.7 Å². The van der Waals surface area contributed by atoms with E-state index in [2.05, 4.69) is 9.88 Å². The fraction of sp³-hybridized carbons (Fsp3) is 0.317. The molecule has 12 heteroatoms. The van der Waals surface area contributed by atoms with Crippen LogP contribution in [0.1, 0.15) is 40.8 Å². The van der Waals surface area contributed by atoms with Crippen molar-refractivity contribution < 1.29 is 32.3 Å². The van der Waals surface area contributed by atoms with Gasteiger partial charge in [-0.1, -0.05) is 60.7 Å². The Morgan fingerprint density at radius 3 is 2.11 bits per heavy atom. The normalized spacial score (nSPS) is 15.5. The Morgan fingerprint density at radius 2 is 1.51 bits per heavy atom. The number of likely N-dealkylation sites (N-methyl/N-ethyl adjacent to an activating group) is 1. The Kier molecular flexibility index (Phi) is 11.9. The lowest BCUT2D eigenvalue weighted by molar-refractivity contribution is -0.143. The Labute approximate surface area is 307 Å². The third kappa shape index (κ3) is 9.69. The van der Waals surface area contributed by atoms with E-state index in [0.29, 0.717) is 31.7 Å². The summed E-state index contributed by atoms with van der Waals surface area (Å²) in [5.74, 6) is -0.669. The molecule has 4 aromatic rings. The highest BCUT2D eigenvalue weighted by Crippen LogP contribution is 2.28. The number of alkyl halides is 3. The van der Waals surface area contributed by atoms with Crippen LogP contribution in [0.3, 0.4) is 0 Å². The standard InChI is InChI=1S/C41H42F3N5O4/c1-46(28-32-11-17-35(18-12-32)48-21-5-8-38(48)50)40(52)36(26-30-6-3-2-4-7-30)49(29-33-9-15-34(16-10-33)47-22-24-53-25-23-47)39(51)20-14-31-13-19-37(45-27-31)41(42,43)44/h2-4,6-7,9-20,27,36H,5,8,21-26,28-29H2,1H3/t36-/m0/s1. The van der Waals surface area contributed by atoms with Gasteiger partial charge < -0.3 is 24.3 Å². The number of carbonyl (C=O) groups excluding carboxylic acids is 3. The van der Waals surface area contributed by atoms with Crippen LogP contribution < -0.4 is 9.80 Å². The monoisotopic (exact) mass is 725 g/mol. The van der Waals surface area contributed by atoms with Gasteiger partial charge in [-0.15, -0.1) is 0 Å². The zero-order valence-corrected chi connectivity index (χ0v) is 29.5. The molecule has 3 amide bonds. The van der Waals surface area contributed by atoms with Gasteiger partial charge in [0.25, 0.3) is 0 Å². The first kappa shape index (κ1) is 37.3. The Morgan fingerprint density at radius 1 is 0.849 bits per heavy atom. The van der Waals surface area contributed by atoms with E-state index in [9.17, 15) is 27.6 Å². The highest BCUT2D eigenvalue weighted by molar-refractivity contribution is 5.96. The predicted molar refractivity (Wildman–Crippen MR) is 197 cm³/mol. The molecule has 1 aromatic heterocycles. The summed E-state index contributed by atoms with van der Waals surface area (Å²) in [6.07, 6.45) is 0.744. The second kappa shape index (κ2) is 16.9. The summed E-state index contributed by atoms with van der Waals surface area (Å²) in [6.45, 7) is 3.88. The second-order valence-electron chi connectivity index (χ2n) is 13.3. The lowest BCUT2D eigenvalue weighted by Crippen LogP contribution is -2.50. The van der Waals surface area contributed by atoms with E-state index >= 15 is 0 Å². The molecule has 276 valence electrons. The molecule has 0 spiro atoms. The highest BCUT2D eigenvalue weighted by Gasteiger charge is 2.33. The number of carbonyl (C=O) groups is 3. The van der Waals surface area contributed by atoms with Crippen molar-refractivity contribution in [3.63, 3.8) is 0 Å². The van der Waals surface area contributed by atoms with E-state index in [4.69, 9.17) is 4.74 Å². The molecule has 3 aromatic carbocycles. The third-order valence-electron chi connectivity index (χ3n) is 9.49. The molecule has 53 heavy (non-hydrogen) atoms.